The van der Waals surface area contributed by atoms with Gasteiger partial charge >= 0.3 is 0 Å². The third kappa shape index (κ3) is 6.99. The molecule has 2 aliphatic rings. The first-order valence-electron chi connectivity index (χ1n) is 13.1. The second-order valence-corrected chi connectivity index (χ2v) is 10.8. The first-order chi connectivity index (χ1) is 18.1. The second-order valence-electron chi connectivity index (χ2n) is 9.81. The number of benzene rings is 2. The standard InChI is InChI=1S/C30H34FN3O2S/c31-28-10-1-2-11-29(28)33-17-15-32(16-18-33)21-24-6-3-8-26(20-24)36-23-25-7-4-14-34(22-25)30(35)13-12-27-9-5-19-37-27/h1-3,5-6,8-13,19-20,25H,4,7,14-18,21-23H2. The Morgan fingerprint density at radius 1 is 1.03 bits per heavy atom. The van der Waals surface area contributed by atoms with Gasteiger partial charge in [0.15, 0.2) is 0 Å². The van der Waals surface area contributed by atoms with E-state index >= 15 is 0 Å². The van der Waals surface area contributed by atoms with E-state index in [1.807, 2.05) is 52.8 Å². The number of thiophene rings is 1. The zero-order valence-corrected chi connectivity index (χ0v) is 21.9. The van der Waals surface area contributed by atoms with Gasteiger partial charge in [-0.3, -0.25) is 9.69 Å². The number of nitrogens with zero attached hydrogens (tertiary/aromatic N) is 3. The molecule has 0 N–H and O–H groups in total. The van der Waals surface area contributed by atoms with Crippen LogP contribution in [0.1, 0.15) is 23.3 Å². The normalized spacial score (nSPS) is 18.9. The zero-order chi connectivity index (χ0) is 25.5. The van der Waals surface area contributed by atoms with Crippen molar-refractivity contribution in [2.24, 2.45) is 5.92 Å². The number of piperazine rings is 1. The van der Waals surface area contributed by atoms with E-state index in [2.05, 4.69) is 21.9 Å². The van der Waals surface area contributed by atoms with Crippen LogP contribution >= 0.6 is 11.3 Å². The van der Waals surface area contributed by atoms with E-state index < -0.39 is 0 Å². The van der Waals surface area contributed by atoms with Gasteiger partial charge in [-0.25, -0.2) is 4.39 Å². The summed E-state index contributed by atoms with van der Waals surface area (Å²) in [5.74, 6) is 1.14. The molecule has 0 bridgehead atoms. The van der Waals surface area contributed by atoms with Crippen molar-refractivity contribution in [1.82, 2.24) is 9.80 Å². The summed E-state index contributed by atoms with van der Waals surface area (Å²) in [6, 6.07) is 19.3. The van der Waals surface area contributed by atoms with Crippen LogP contribution in [-0.4, -0.2) is 61.6 Å². The van der Waals surface area contributed by atoms with Crippen molar-refractivity contribution >= 4 is 29.0 Å². The molecule has 1 unspecified atom stereocenters. The van der Waals surface area contributed by atoms with Crippen LogP contribution in [0.2, 0.25) is 0 Å². The third-order valence-electron chi connectivity index (χ3n) is 7.12. The monoisotopic (exact) mass is 519 g/mol. The molecule has 7 heteroatoms. The van der Waals surface area contributed by atoms with Gasteiger partial charge in [-0.05, 0) is 60.2 Å². The number of halogens is 1. The first-order valence-corrected chi connectivity index (χ1v) is 14.0. The van der Waals surface area contributed by atoms with Crippen LogP contribution in [0.4, 0.5) is 10.1 Å². The molecular formula is C30H34FN3O2S. The summed E-state index contributed by atoms with van der Waals surface area (Å²) < 4.78 is 20.3. The Hall–Kier alpha value is -3.16. The largest absolute Gasteiger partial charge is 0.493 e. The molecule has 1 amide bonds. The smallest absolute Gasteiger partial charge is 0.246 e. The van der Waals surface area contributed by atoms with Crippen molar-refractivity contribution in [1.29, 1.82) is 0 Å². The van der Waals surface area contributed by atoms with Crippen molar-refractivity contribution in [3.63, 3.8) is 0 Å². The lowest BCUT2D eigenvalue weighted by Crippen LogP contribution is -2.46. The Morgan fingerprint density at radius 2 is 1.89 bits per heavy atom. The summed E-state index contributed by atoms with van der Waals surface area (Å²) in [6.07, 6.45) is 5.67. The number of piperidine rings is 1. The molecule has 1 atom stereocenters. The maximum Gasteiger partial charge on any atom is 0.246 e. The van der Waals surface area contributed by atoms with Gasteiger partial charge in [0.2, 0.25) is 5.91 Å². The van der Waals surface area contributed by atoms with Gasteiger partial charge < -0.3 is 14.5 Å². The molecule has 0 radical (unpaired) electrons. The molecule has 2 aromatic carbocycles. The van der Waals surface area contributed by atoms with E-state index in [0.717, 1.165) is 69.3 Å². The van der Waals surface area contributed by atoms with E-state index in [0.29, 0.717) is 18.2 Å². The number of anilines is 1. The van der Waals surface area contributed by atoms with E-state index in [9.17, 15) is 9.18 Å². The van der Waals surface area contributed by atoms with Gasteiger partial charge in [-0.15, -0.1) is 11.3 Å². The van der Waals surface area contributed by atoms with Crippen LogP contribution < -0.4 is 9.64 Å². The lowest BCUT2D eigenvalue weighted by Gasteiger charge is -2.36. The molecule has 5 rings (SSSR count). The molecule has 3 heterocycles. The maximum absolute atomic E-state index is 14.1. The number of para-hydroxylation sites is 1. The first kappa shape index (κ1) is 25.5. The molecule has 5 nitrogen and oxygen atoms in total. The fraction of sp³-hybridized carbons (Fsp3) is 0.367. The zero-order valence-electron chi connectivity index (χ0n) is 21.1. The van der Waals surface area contributed by atoms with Gasteiger partial charge in [-0.1, -0.05) is 30.3 Å². The average molecular weight is 520 g/mol. The lowest BCUT2D eigenvalue weighted by atomic mass is 9.99. The van der Waals surface area contributed by atoms with Crippen molar-refractivity contribution in [2.75, 3.05) is 50.8 Å². The topological polar surface area (TPSA) is 36.0 Å². The van der Waals surface area contributed by atoms with Crippen LogP contribution in [-0.2, 0) is 11.3 Å². The number of ether oxygens (including phenoxy) is 1. The minimum atomic E-state index is -0.152. The number of carbonyl (C=O) groups is 1. The van der Waals surface area contributed by atoms with Crippen LogP contribution in [0, 0.1) is 11.7 Å². The van der Waals surface area contributed by atoms with Crippen molar-refractivity contribution in [2.45, 2.75) is 19.4 Å². The molecule has 37 heavy (non-hydrogen) atoms. The van der Waals surface area contributed by atoms with E-state index in [4.69, 9.17) is 4.74 Å². The third-order valence-corrected chi connectivity index (χ3v) is 7.96. The van der Waals surface area contributed by atoms with E-state index in [1.54, 1.807) is 23.5 Å². The Morgan fingerprint density at radius 3 is 2.70 bits per heavy atom. The number of hydrogen-bond acceptors (Lipinski definition) is 5. The average Bonchev–Trinajstić information content (AvgIpc) is 3.46. The molecule has 2 fully saturated rings. The highest BCUT2D eigenvalue weighted by molar-refractivity contribution is 7.10. The van der Waals surface area contributed by atoms with Crippen molar-refractivity contribution < 1.29 is 13.9 Å². The number of likely N-dealkylation sites (tertiary alicyclic amines) is 1. The van der Waals surface area contributed by atoms with Gasteiger partial charge in [0.25, 0.3) is 0 Å². The predicted molar refractivity (Wildman–Crippen MR) is 148 cm³/mol. The van der Waals surface area contributed by atoms with E-state index in [1.165, 1.54) is 11.6 Å². The maximum atomic E-state index is 14.1. The highest BCUT2D eigenvalue weighted by Gasteiger charge is 2.23. The summed E-state index contributed by atoms with van der Waals surface area (Å²) in [4.78, 5) is 20.2. The van der Waals surface area contributed by atoms with Crippen LogP contribution in [0.3, 0.4) is 0 Å². The summed E-state index contributed by atoms with van der Waals surface area (Å²) in [5, 5.41) is 2.02. The predicted octanol–water partition coefficient (Wildman–Crippen LogP) is 5.54. The summed E-state index contributed by atoms with van der Waals surface area (Å²) >= 11 is 1.63. The Balaban J connectivity index is 1.08. The summed E-state index contributed by atoms with van der Waals surface area (Å²) in [5.41, 5.74) is 1.91. The Kier molecular flexibility index (Phi) is 8.53. The highest BCUT2D eigenvalue weighted by Crippen LogP contribution is 2.23. The number of rotatable bonds is 8. The fourth-order valence-electron chi connectivity index (χ4n) is 5.11. The van der Waals surface area contributed by atoms with Gasteiger partial charge in [-0.2, -0.15) is 0 Å². The summed E-state index contributed by atoms with van der Waals surface area (Å²) in [6.45, 7) is 6.43. The van der Waals surface area contributed by atoms with E-state index in [-0.39, 0.29) is 11.7 Å². The Labute approximate surface area is 222 Å². The van der Waals surface area contributed by atoms with Gasteiger partial charge in [0, 0.05) is 62.7 Å². The summed E-state index contributed by atoms with van der Waals surface area (Å²) in [7, 11) is 0. The molecule has 3 aromatic rings. The van der Waals surface area contributed by atoms with Crippen molar-refractivity contribution in [3.05, 3.63) is 88.4 Å². The fourth-order valence-corrected chi connectivity index (χ4v) is 5.73. The SMILES string of the molecule is O=C(C=Cc1cccs1)N1CCCC(COc2cccc(CN3CCN(c4ccccc4F)CC3)c2)C1. The van der Waals surface area contributed by atoms with Crippen molar-refractivity contribution in [3.8, 4) is 5.75 Å². The molecule has 0 spiro atoms. The molecule has 2 saturated heterocycles. The van der Waals surface area contributed by atoms with Crippen LogP contribution in [0.25, 0.3) is 6.08 Å². The molecular weight excluding hydrogens is 485 g/mol. The number of carbonyl (C=O) groups excluding carboxylic acids is 1. The minimum absolute atomic E-state index is 0.0789. The minimum Gasteiger partial charge on any atom is -0.493 e. The van der Waals surface area contributed by atoms with Gasteiger partial charge in [0.05, 0.1) is 12.3 Å². The van der Waals surface area contributed by atoms with Crippen LogP contribution in [0.15, 0.2) is 72.1 Å². The lowest BCUT2D eigenvalue weighted by molar-refractivity contribution is -0.127. The number of hydrogen-bond donors (Lipinski definition) is 0. The number of amides is 1. The second kappa shape index (κ2) is 12.4. The highest BCUT2D eigenvalue weighted by atomic mass is 32.1. The molecule has 0 saturated carbocycles. The molecule has 2 aliphatic heterocycles. The molecule has 194 valence electrons. The van der Waals surface area contributed by atoms with Gasteiger partial charge in [0.1, 0.15) is 11.6 Å². The quantitative estimate of drug-likeness (QED) is 0.366. The Bertz CT molecular complexity index is 1190. The molecule has 1 aromatic heterocycles. The molecule has 0 aliphatic carbocycles. The van der Waals surface area contributed by atoms with Crippen LogP contribution in [0.5, 0.6) is 5.75 Å².